The molecule has 1 aliphatic rings. The zero-order chi connectivity index (χ0) is 14.4. The van der Waals surface area contributed by atoms with Crippen LogP contribution in [0, 0.1) is 0 Å². The van der Waals surface area contributed by atoms with Crippen molar-refractivity contribution in [1.29, 1.82) is 0 Å². The Kier molecular flexibility index (Phi) is 5.56. The molecule has 3 amide bonds. The van der Waals surface area contributed by atoms with Gasteiger partial charge in [0.1, 0.15) is 6.54 Å². The van der Waals surface area contributed by atoms with Gasteiger partial charge >= 0.3 is 12.0 Å². The maximum atomic E-state index is 11.8. The number of hydrogen-bond donors (Lipinski definition) is 3. The molecule has 1 rings (SSSR count). The number of nitrogens with one attached hydrogen (secondary N) is 1. The second-order valence-corrected chi connectivity index (χ2v) is 4.47. The summed E-state index contributed by atoms with van der Waals surface area (Å²) in [6.07, 6.45) is -0.854. The largest absolute Gasteiger partial charge is 0.479 e. The summed E-state index contributed by atoms with van der Waals surface area (Å²) in [5.41, 5.74) is 0. The van der Waals surface area contributed by atoms with E-state index in [-0.39, 0.29) is 25.4 Å². The minimum absolute atomic E-state index is 0.0177. The monoisotopic (exact) mass is 273 g/mol. The third-order valence-corrected chi connectivity index (χ3v) is 2.94. The van der Waals surface area contributed by atoms with Crippen molar-refractivity contribution in [3.63, 3.8) is 0 Å². The molecule has 108 valence electrons. The average Bonchev–Trinajstić information content (AvgIpc) is 2.51. The fourth-order valence-corrected chi connectivity index (χ4v) is 1.71. The van der Waals surface area contributed by atoms with E-state index in [0.29, 0.717) is 19.5 Å². The molecule has 3 N–H and O–H groups in total. The number of carbonyl (C=O) groups is 3. The van der Waals surface area contributed by atoms with Crippen molar-refractivity contribution in [2.45, 2.75) is 18.9 Å². The fourth-order valence-electron chi connectivity index (χ4n) is 1.71. The molecule has 0 aromatic heterocycles. The van der Waals surface area contributed by atoms with Gasteiger partial charge in [-0.3, -0.25) is 4.79 Å². The van der Waals surface area contributed by atoms with Gasteiger partial charge in [-0.2, -0.15) is 0 Å². The molecular weight excluding hydrogens is 254 g/mol. The summed E-state index contributed by atoms with van der Waals surface area (Å²) < 4.78 is 0. The van der Waals surface area contributed by atoms with Crippen molar-refractivity contribution in [2.24, 2.45) is 0 Å². The summed E-state index contributed by atoms with van der Waals surface area (Å²) in [6, 6.07) is -0.416. The summed E-state index contributed by atoms with van der Waals surface area (Å²) in [5, 5.41) is 20.0. The van der Waals surface area contributed by atoms with Crippen molar-refractivity contribution in [3.8, 4) is 0 Å². The van der Waals surface area contributed by atoms with Gasteiger partial charge in [-0.1, -0.05) is 0 Å². The van der Waals surface area contributed by atoms with E-state index in [1.807, 2.05) is 0 Å². The molecule has 0 aromatic rings. The Morgan fingerprint density at radius 3 is 2.74 bits per heavy atom. The first-order valence-electron chi connectivity index (χ1n) is 6.09. The lowest BCUT2D eigenvalue weighted by Gasteiger charge is -2.20. The minimum atomic E-state index is -1.49. The minimum Gasteiger partial charge on any atom is -0.479 e. The number of carbonyl (C=O) groups excluding carboxylic acids is 2. The van der Waals surface area contributed by atoms with E-state index in [1.54, 1.807) is 11.9 Å². The van der Waals surface area contributed by atoms with Gasteiger partial charge < -0.3 is 25.3 Å². The molecule has 1 heterocycles. The number of aliphatic hydroxyl groups is 1. The zero-order valence-corrected chi connectivity index (χ0v) is 10.8. The first-order valence-corrected chi connectivity index (χ1v) is 6.09. The second-order valence-electron chi connectivity index (χ2n) is 4.47. The van der Waals surface area contributed by atoms with Crippen molar-refractivity contribution in [3.05, 3.63) is 0 Å². The Morgan fingerprint density at radius 1 is 1.42 bits per heavy atom. The molecule has 1 fully saturated rings. The van der Waals surface area contributed by atoms with Crippen LogP contribution in [0.15, 0.2) is 0 Å². The molecule has 8 heteroatoms. The summed E-state index contributed by atoms with van der Waals surface area (Å²) in [4.78, 5) is 36.7. The van der Waals surface area contributed by atoms with E-state index in [1.165, 1.54) is 4.90 Å². The Labute approximate surface area is 111 Å². The van der Waals surface area contributed by atoms with Gasteiger partial charge in [0.25, 0.3) is 0 Å². The third kappa shape index (κ3) is 4.74. The lowest BCUT2D eigenvalue weighted by atomic mass is 10.2. The van der Waals surface area contributed by atoms with Crippen LogP contribution in [0.25, 0.3) is 0 Å². The Bertz CT molecular complexity index is 360. The van der Waals surface area contributed by atoms with Crippen LogP contribution in [0.4, 0.5) is 4.79 Å². The highest BCUT2D eigenvalue weighted by molar-refractivity contribution is 5.84. The maximum absolute atomic E-state index is 11.8. The Balaban J connectivity index is 2.36. The summed E-state index contributed by atoms with van der Waals surface area (Å²) in [7, 11) is 1.69. The third-order valence-electron chi connectivity index (χ3n) is 2.94. The van der Waals surface area contributed by atoms with Crippen molar-refractivity contribution < 1.29 is 24.6 Å². The van der Waals surface area contributed by atoms with Gasteiger partial charge in [0, 0.05) is 33.1 Å². The topological polar surface area (TPSA) is 110 Å². The summed E-state index contributed by atoms with van der Waals surface area (Å²) in [6.45, 7) is 1.15. The van der Waals surface area contributed by atoms with Crippen LogP contribution in [-0.4, -0.2) is 77.3 Å². The lowest BCUT2D eigenvalue weighted by Crippen LogP contribution is -2.44. The quantitative estimate of drug-likeness (QED) is 0.589. The van der Waals surface area contributed by atoms with Crippen LogP contribution in [0.1, 0.15) is 12.8 Å². The molecular formula is C11H19N3O5. The van der Waals surface area contributed by atoms with Gasteiger partial charge in [-0.05, 0) is 6.42 Å². The van der Waals surface area contributed by atoms with Crippen molar-refractivity contribution in [1.82, 2.24) is 15.1 Å². The Hall–Kier alpha value is -1.83. The maximum Gasteiger partial charge on any atom is 0.332 e. The Morgan fingerprint density at radius 2 is 2.11 bits per heavy atom. The molecule has 0 aliphatic carbocycles. The van der Waals surface area contributed by atoms with E-state index in [2.05, 4.69) is 5.32 Å². The summed E-state index contributed by atoms with van der Waals surface area (Å²) in [5.74, 6) is -1.45. The molecule has 0 bridgehead atoms. The molecule has 1 aliphatic heterocycles. The fraction of sp³-hybridized carbons (Fsp3) is 0.727. The normalized spacial score (nSPS) is 17.9. The zero-order valence-electron chi connectivity index (χ0n) is 10.8. The predicted molar refractivity (Wildman–Crippen MR) is 65.5 cm³/mol. The lowest BCUT2D eigenvalue weighted by molar-refractivity contribution is -0.146. The van der Waals surface area contributed by atoms with Gasteiger partial charge in [0.05, 0.1) is 0 Å². The number of amides is 3. The molecule has 1 atom stereocenters. The smallest absolute Gasteiger partial charge is 0.332 e. The number of aliphatic hydroxyl groups excluding tert-OH is 1. The van der Waals surface area contributed by atoms with E-state index < -0.39 is 18.1 Å². The highest BCUT2D eigenvalue weighted by Gasteiger charge is 2.22. The second kappa shape index (κ2) is 6.93. The van der Waals surface area contributed by atoms with Gasteiger partial charge in [-0.25, -0.2) is 9.59 Å². The molecule has 0 radical (unpaired) electrons. The molecule has 0 spiro atoms. The van der Waals surface area contributed by atoms with Crippen LogP contribution in [0.5, 0.6) is 0 Å². The molecule has 19 heavy (non-hydrogen) atoms. The van der Waals surface area contributed by atoms with E-state index in [4.69, 9.17) is 10.2 Å². The van der Waals surface area contributed by atoms with Crippen LogP contribution < -0.4 is 5.32 Å². The highest BCUT2D eigenvalue weighted by Crippen LogP contribution is 2.02. The molecule has 0 unspecified atom stereocenters. The molecule has 1 saturated heterocycles. The van der Waals surface area contributed by atoms with Crippen LogP contribution in [0.2, 0.25) is 0 Å². The number of carboxylic acids is 1. The van der Waals surface area contributed by atoms with E-state index >= 15 is 0 Å². The van der Waals surface area contributed by atoms with Crippen molar-refractivity contribution >= 4 is 17.9 Å². The standard InChI is InChI=1S/C11H19N3O5/c1-13-5-2-6-14(7-9(13)16)11(19)12-4-3-8(15)10(17)18/h8,15H,2-7H2,1H3,(H,12,19)(H,17,18)/t8-/m0/s1. The van der Waals surface area contributed by atoms with Crippen LogP contribution in [-0.2, 0) is 9.59 Å². The SMILES string of the molecule is CN1CCCN(C(=O)NCC[C@H](O)C(=O)O)CC1=O. The van der Waals surface area contributed by atoms with Crippen LogP contribution in [0.3, 0.4) is 0 Å². The first kappa shape index (κ1) is 15.2. The number of hydrogen-bond acceptors (Lipinski definition) is 4. The van der Waals surface area contributed by atoms with Gasteiger partial charge in [0.2, 0.25) is 5.91 Å². The number of rotatable bonds is 4. The first-order chi connectivity index (χ1) is 8.91. The molecule has 8 nitrogen and oxygen atoms in total. The number of carboxylic acid groups (broad SMARTS) is 1. The molecule has 0 aromatic carbocycles. The van der Waals surface area contributed by atoms with Gasteiger partial charge in [0.15, 0.2) is 6.10 Å². The number of nitrogens with zero attached hydrogens (tertiary/aromatic N) is 2. The number of urea groups is 1. The molecule has 0 saturated carbocycles. The number of likely N-dealkylation sites (N-methyl/N-ethyl adjacent to an activating group) is 1. The van der Waals surface area contributed by atoms with E-state index in [0.717, 1.165) is 0 Å². The van der Waals surface area contributed by atoms with E-state index in [9.17, 15) is 14.4 Å². The predicted octanol–water partition coefficient (Wildman–Crippen LogP) is -1.30. The number of aliphatic carboxylic acids is 1. The van der Waals surface area contributed by atoms with Gasteiger partial charge in [-0.15, -0.1) is 0 Å². The highest BCUT2D eigenvalue weighted by atomic mass is 16.4. The van der Waals surface area contributed by atoms with Crippen molar-refractivity contribution in [2.75, 3.05) is 33.2 Å². The summed E-state index contributed by atoms with van der Waals surface area (Å²) >= 11 is 0. The van der Waals surface area contributed by atoms with Crippen LogP contribution >= 0.6 is 0 Å². The average molecular weight is 273 g/mol.